The third-order valence-corrected chi connectivity index (χ3v) is 3.93. The van der Waals surface area contributed by atoms with Gasteiger partial charge >= 0.3 is 0 Å². The molecule has 0 aromatic heterocycles. The van der Waals surface area contributed by atoms with E-state index in [1.54, 1.807) is 7.05 Å². The molecule has 1 saturated heterocycles. The van der Waals surface area contributed by atoms with Crippen LogP contribution < -0.4 is 10.6 Å². The number of ether oxygens (including phenoxy) is 1. The maximum absolute atomic E-state index is 9.21. The first-order chi connectivity index (χ1) is 9.62. The number of rotatable bonds is 8. The number of aliphatic hydroxyl groups is 1. The number of hydrogen-bond donors (Lipinski definition) is 3. The van der Waals surface area contributed by atoms with E-state index in [-0.39, 0.29) is 36.0 Å². The largest absolute Gasteiger partial charge is 0.396 e. The van der Waals surface area contributed by atoms with Crippen molar-refractivity contribution in [2.75, 3.05) is 40.0 Å². The minimum absolute atomic E-state index is 0. The molecular weight excluding hydrogens is 381 g/mol. The predicted molar refractivity (Wildman–Crippen MR) is 98.4 cm³/mol. The fraction of sp³-hybridized carbons (Fsp3) is 0.933. The van der Waals surface area contributed by atoms with Crippen LogP contribution in [0.4, 0.5) is 0 Å². The Hall–Kier alpha value is -0.0800. The summed E-state index contributed by atoms with van der Waals surface area (Å²) in [5.41, 5.74) is 0.0598. The Morgan fingerprint density at radius 3 is 2.67 bits per heavy atom. The van der Waals surface area contributed by atoms with Gasteiger partial charge in [0.1, 0.15) is 0 Å². The fourth-order valence-corrected chi connectivity index (χ4v) is 2.52. The summed E-state index contributed by atoms with van der Waals surface area (Å²) >= 11 is 0. The van der Waals surface area contributed by atoms with E-state index in [9.17, 15) is 5.11 Å². The van der Waals surface area contributed by atoms with E-state index >= 15 is 0 Å². The van der Waals surface area contributed by atoms with E-state index < -0.39 is 0 Å². The zero-order valence-corrected chi connectivity index (χ0v) is 16.0. The lowest BCUT2D eigenvalue weighted by atomic mass is 9.84. The SMILES string of the molecule is CN=C(NCCCC(C)C)NCC1(CCO)CCOC1.I. The molecule has 0 spiro atoms. The maximum atomic E-state index is 9.21. The second kappa shape index (κ2) is 11.5. The molecule has 3 N–H and O–H groups in total. The maximum Gasteiger partial charge on any atom is 0.190 e. The highest BCUT2D eigenvalue weighted by Gasteiger charge is 2.34. The van der Waals surface area contributed by atoms with Gasteiger partial charge in [-0.15, -0.1) is 24.0 Å². The Bertz CT molecular complexity index is 293. The van der Waals surface area contributed by atoms with E-state index in [0.717, 1.165) is 57.4 Å². The lowest BCUT2D eigenvalue weighted by molar-refractivity contribution is 0.127. The van der Waals surface area contributed by atoms with Crippen molar-refractivity contribution in [2.24, 2.45) is 16.3 Å². The van der Waals surface area contributed by atoms with Crippen molar-refractivity contribution in [3.05, 3.63) is 0 Å². The average molecular weight is 413 g/mol. The minimum Gasteiger partial charge on any atom is -0.396 e. The molecule has 1 aliphatic rings. The number of nitrogens with one attached hydrogen (secondary N) is 2. The van der Waals surface area contributed by atoms with E-state index in [0.29, 0.717) is 0 Å². The molecule has 1 rings (SSSR count). The van der Waals surface area contributed by atoms with Crippen LogP contribution in [0.2, 0.25) is 0 Å². The van der Waals surface area contributed by atoms with Crippen LogP contribution >= 0.6 is 24.0 Å². The summed E-state index contributed by atoms with van der Waals surface area (Å²) in [4.78, 5) is 4.25. The van der Waals surface area contributed by atoms with E-state index in [1.165, 1.54) is 6.42 Å². The summed E-state index contributed by atoms with van der Waals surface area (Å²) in [6.07, 6.45) is 4.17. The van der Waals surface area contributed by atoms with Crippen molar-refractivity contribution in [1.29, 1.82) is 0 Å². The van der Waals surface area contributed by atoms with Gasteiger partial charge in [-0.1, -0.05) is 13.8 Å². The minimum atomic E-state index is 0. The lowest BCUT2D eigenvalue weighted by Gasteiger charge is -2.27. The molecule has 5 nitrogen and oxygen atoms in total. The molecule has 0 bridgehead atoms. The summed E-state index contributed by atoms with van der Waals surface area (Å²) < 4.78 is 5.49. The third-order valence-electron chi connectivity index (χ3n) is 3.93. The highest BCUT2D eigenvalue weighted by atomic mass is 127. The second-order valence-electron chi connectivity index (χ2n) is 6.16. The van der Waals surface area contributed by atoms with E-state index in [1.807, 2.05) is 0 Å². The van der Waals surface area contributed by atoms with Crippen LogP contribution in [-0.2, 0) is 4.74 Å². The van der Waals surface area contributed by atoms with Crippen LogP contribution in [0.3, 0.4) is 0 Å². The van der Waals surface area contributed by atoms with Gasteiger partial charge in [0, 0.05) is 38.8 Å². The molecule has 0 aliphatic carbocycles. The average Bonchev–Trinajstić information content (AvgIpc) is 2.87. The van der Waals surface area contributed by atoms with Crippen molar-refractivity contribution in [2.45, 2.75) is 39.5 Å². The first kappa shape index (κ1) is 20.9. The predicted octanol–water partition coefficient (Wildman–Crippen LogP) is 1.99. The quantitative estimate of drug-likeness (QED) is 0.247. The molecule has 1 fully saturated rings. The van der Waals surface area contributed by atoms with Crippen LogP contribution in [0.25, 0.3) is 0 Å². The van der Waals surface area contributed by atoms with Crippen molar-refractivity contribution in [3.63, 3.8) is 0 Å². The standard InChI is InChI=1S/C15H31N3O2.HI/c1-13(2)5-4-8-17-14(16-3)18-11-15(6-9-19)7-10-20-12-15;/h13,19H,4-12H2,1-3H3,(H2,16,17,18);1H. The molecular formula is C15H32IN3O2. The molecule has 0 saturated carbocycles. The highest BCUT2D eigenvalue weighted by molar-refractivity contribution is 14.0. The molecule has 0 amide bonds. The summed E-state index contributed by atoms with van der Waals surface area (Å²) in [5, 5.41) is 15.9. The highest BCUT2D eigenvalue weighted by Crippen LogP contribution is 2.31. The van der Waals surface area contributed by atoms with Gasteiger partial charge in [0.25, 0.3) is 0 Å². The number of aliphatic hydroxyl groups excluding tert-OH is 1. The summed E-state index contributed by atoms with van der Waals surface area (Å²) in [6, 6.07) is 0. The first-order valence-electron chi connectivity index (χ1n) is 7.75. The molecule has 1 heterocycles. The van der Waals surface area contributed by atoms with Crippen LogP contribution in [0.5, 0.6) is 0 Å². The molecule has 1 atom stereocenters. The molecule has 0 aromatic carbocycles. The smallest absolute Gasteiger partial charge is 0.190 e. The molecule has 0 aromatic rings. The Labute approximate surface area is 146 Å². The number of guanidine groups is 1. The first-order valence-corrected chi connectivity index (χ1v) is 7.75. The van der Waals surface area contributed by atoms with Gasteiger partial charge in [-0.3, -0.25) is 4.99 Å². The summed E-state index contributed by atoms with van der Waals surface area (Å²) in [6.45, 7) is 7.97. The number of halogens is 1. The van der Waals surface area contributed by atoms with Gasteiger partial charge in [0.2, 0.25) is 0 Å². The molecule has 6 heteroatoms. The lowest BCUT2D eigenvalue weighted by Crippen LogP contribution is -2.44. The topological polar surface area (TPSA) is 65.9 Å². The van der Waals surface area contributed by atoms with Gasteiger partial charge in [-0.25, -0.2) is 0 Å². The number of nitrogens with zero attached hydrogens (tertiary/aromatic N) is 1. The monoisotopic (exact) mass is 413 g/mol. The Morgan fingerprint density at radius 1 is 1.38 bits per heavy atom. The molecule has 1 unspecified atom stereocenters. The Morgan fingerprint density at radius 2 is 2.14 bits per heavy atom. The van der Waals surface area contributed by atoms with E-state index in [2.05, 4.69) is 29.5 Å². The van der Waals surface area contributed by atoms with Crippen molar-refractivity contribution < 1.29 is 9.84 Å². The van der Waals surface area contributed by atoms with Crippen LogP contribution in [-0.4, -0.2) is 51.0 Å². The zero-order chi connectivity index (χ0) is 14.8. The van der Waals surface area contributed by atoms with Crippen molar-refractivity contribution in [3.8, 4) is 0 Å². The Balaban J connectivity index is 0.00000400. The zero-order valence-electron chi connectivity index (χ0n) is 13.7. The van der Waals surface area contributed by atoms with Crippen LogP contribution in [0.15, 0.2) is 4.99 Å². The molecule has 21 heavy (non-hydrogen) atoms. The number of hydrogen-bond acceptors (Lipinski definition) is 3. The van der Waals surface area contributed by atoms with Crippen LogP contribution in [0.1, 0.15) is 39.5 Å². The molecule has 1 aliphatic heterocycles. The molecule has 0 radical (unpaired) electrons. The van der Waals surface area contributed by atoms with Gasteiger partial charge in [-0.05, 0) is 31.6 Å². The Kier molecular flexibility index (Phi) is 11.4. The van der Waals surface area contributed by atoms with Gasteiger partial charge in [-0.2, -0.15) is 0 Å². The summed E-state index contributed by atoms with van der Waals surface area (Å²) in [7, 11) is 1.79. The van der Waals surface area contributed by atoms with Gasteiger partial charge < -0.3 is 20.5 Å². The third kappa shape index (κ3) is 8.21. The fourth-order valence-electron chi connectivity index (χ4n) is 2.52. The normalized spacial score (nSPS) is 22.2. The van der Waals surface area contributed by atoms with Gasteiger partial charge in [0.05, 0.1) is 6.61 Å². The van der Waals surface area contributed by atoms with Gasteiger partial charge in [0.15, 0.2) is 5.96 Å². The van der Waals surface area contributed by atoms with Crippen molar-refractivity contribution in [1.82, 2.24) is 10.6 Å². The van der Waals surface area contributed by atoms with Crippen LogP contribution in [0, 0.1) is 11.3 Å². The number of aliphatic imine (C=N–C) groups is 1. The summed E-state index contributed by atoms with van der Waals surface area (Å²) in [5.74, 6) is 1.59. The van der Waals surface area contributed by atoms with Crippen molar-refractivity contribution >= 4 is 29.9 Å². The van der Waals surface area contributed by atoms with E-state index in [4.69, 9.17) is 4.74 Å². The molecule has 126 valence electrons. The second-order valence-corrected chi connectivity index (χ2v) is 6.16.